The number of carbonyl (C=O) groups excluding carboxylic acids is 1. The molecule has 5 N–H and O–H groups in total. The van der Waals surface area contributed by atoms with Crippen molar-refractivity contribution in [1.29, 1.82) is 0 Å². The van der Waals surface area contributed by atoms with Crippen molar-refractivity contribution in [3.63, 3.8) is 0 Å². The van der Waals surface area contributed by atoms with Crippen LogP contribution in [-0.4, -0.2) is 21.9 Å². The van der Waals surface area contributed by atoms with Crippen LogP contribution in [0, 0.1) is 0 Å². The molecule has 1 rings (SSSR count). The second-order valence-corrected chi connectivity index (χ2v) is 2.60. The second kappa shape index (κ2) is 3.70. The molecule has 0 saturated carbocycles. The van der Waals surface area contributed by atoms with Crippen molar-refractivity contribution in [2.24, 2.45) is 5.73 Å². The molecule has 6 nitrogen and oxygen atoms in total. The fourth-order valence-corrected chi connectivity index (χ4v) is 0.737. The maximum absolute atomic E-state index is 10.7. The van der Waals surface area contributed by atoms with Crippen molar-refractivity contribution in [2.75, 3.05) is 11.1 Å². The van der Waals surface area contributed by atoms with Gasteiger partial charge in [-0.15, -0.1) is 0 Å². The van der Waals surface area contributed by atoms with Gasteiger partial charge in [-0.3, -0.25) is 4.79 Å². The molecular weight excluding hydrogens is 170 g/mol. The third kappa shape index (κ3) is 2.29. The van der Waals surface area contributed by atoms with Crippen molar-refractivity contribution < 1.29 is 4.79 Å². The molecule has 6 heteroatoms. The molecule has 0 aliphatic carbocycles. The number of nitrogen functional groups attached to an aromatic ring is 1. The van der Waals surface area contributed by atoms with Gasteiger partial charge >= 0.3 is 0 Å². The van der Waals surface area contributed by atoms with E-state index in [-0.39, 0.29) is 0 Å². The molecule has 1 aromatic heterocycles. The van der Waals surface area contributed by atoms with E-state index in [2.05, 4.69) is 15.3 Å². The molecule has 1 amide bonds. The minimum Gasteiger partial charge on any atom is -0.394 e. The first kappa shape index (κ1) is 9.24. The Bertz CT molecular complexity index is 314. The molecule has 0 fully saturated rings. The van der Waals surface area contributed by atoms with Gasteiger partial charge in [0.2, 0.25) is 5.91 Å². The summed E-state index contributed by atoms with van der Waals surface area (Å²) in [4.78, 5) is 18.2. The van der Waals surface area contributed by atoms with Crippen molar-refractivity contribution in [3.8, 4) is 0 Å². The number of nitrogens with zero attached hydrogens (tertiary/aromatic N) is 2. The summed E-state index contributed by atoms with van der Waals surface area (Å²) < 4.78 is 0. The molecule has 0 aliphatic rings. The van der Waals surface area contributed by atoms with Crippen molar-refractivity contribution in [2.45, 2.75) is 13.0 Å². The number of nitrogens with one attached hydrogen (secondary N) is 1. The molecule has 0 aliphatic heterocycles. The molecule has 0 spiro atoms. The first-order valence-electron chi connectivity index (χ1n) is 3.72. The van der Waals surface area contributed by atoms with Gasteiger partial charge in [-0.1, -0.05) is 0 Å². The zero-order valence-corrected chi connectivity index (χ0v) is 7.19. The predicted molar refractivity (Wildman–Crippen MR) is 48.7 cm³/mol. The van der Waals surface area contributed by atoms with Crippen LogP contribution in [0.15, 0.2) is 12.5 Å². The smallest absolute Gasteiger partial charge is 0.239 e. The molecule has 70 valence electrons. The Morgan fingerprint density at radius 3 is 2.92 bits per heavy atom. The van der Waals surface area contributed by atoms with E-state index < -0.39 is 11.9 Å². The lowest BCUT2D eigenvalue weighted by molar-refractivity contribution is -0.118. The number of primary amides is 1. The van der Waals surface area contributed by atoms with Crippen LogP contribution in [0.1, 0.15) is 6.92 Å². The number of aromatic nitrogens is 2. The minimum absolute atomic E-state index is 0.385. The molecule has 1 unspecified atom stereocenters. The number of hydrogen-bond acceptors (Lipinski definition) is 5. The van der Waals surface area contributed by atoms with Crippen LogP contribution in [0.2, 0.25) is 0 Å². The molecule has 0 aromatic carbocycles. The molecule has 13 heavy (non-hydrogen) atoms. The third-order valence-electron chi connectivity index (χ3n) is 1.52. The Morgan fingerprint density at radius 1 is 1.69 bits per heavy atom. The van der Waals surface area contributed by atoms with Gasteiger partial charge in [0.25, 0.3) is 0 Å². The van der Waals surface area contributed by atoms with Crippen LogP contribution in [0.4, 0.5) is 11.5 Å². The van der Waals surface area contributed by atoms with Gasteiger partial charge in [0.1, 0.15) is 12.4 Å². The molecule has 0 saturated heterocycles. The van der Waals surface area contributed by atoms with Crippen LogP contribution in [-0.2, 0) is 4.79 Å². The topological polar surface area (TPSA) is 107 Å². The Labute approximate surface area is 75.4 Å². The van der Waals surface area contributed by atoms with Gasteiger partial charge in [0, 0.05) is 0 Å². The molecule has 1 atom stereocenters. The van der Waals surface area contributed by atoms with Gasteiger partial charge < -0.3 is 16.8 Å². The largest absolute Gasteiger partial charge is 0.394 e. The lowest BCUT2D eigenvalue weighted by atomic mass is 10.3. The number of carbonyl (C=O) groups is 1. The van der Waals surface area contributed by atoms with E-state index in [1.807, 2.05) is 0 Å². The SMILES string of the molecule is CC(Nc1ncncc1N)C(N)=O. The average molecular weight is 181 g/mol. The predicted octanol–water partition coefficient (Wildman–Crippen LogP) is -0.655. The van der Waals surface area contributed by atoms with E-state index >= 15 is 0 Å². The fraction of sp³-hybridized carbons (Fsp3) is 0.286. The normalized spacial score (nSPS) is 12.1. The molecule has 0 bridgehead atoms. The number of nitrogens with two attached hydrogens (primary N) is 2. The van der Waals surface area contributed by atoms with E-state index in [0.717, 1.165) is 0 Å². The first-order valence-corrected chi connectivity index (χ1v) is 3.72. The monoisotopic (exact) mass is 181 g/mol. The highest BCUT2D eigenvalue weighted by Gasteiger charge is 2.09. The summed E-state index contributed by atoms with van der Waals surface area (Å²) in [5.41, 5.74) is 11.0. The van der Waals surface area contributed by atoms with Crippen molar-refractivity contribution >= 4 is 17.4 Å². The van der Waals surface area contributed by atoms with Crippen LogP contribution >= 0.6 is 0 Å². The number of anilines is 2. The molecule has 1 aromatic rings. The first-order chi connectivity index (χ1) is 6.11. The van der Waals surface area contributed by atoms with Gasteiger partial charge in [-0.05, 0) is 6.92 Å². The lowest BCUT2D eigenvalue weighted by Gasteiger charge is -2.11. The van der Waals surface area contributed by atoms with E-state index in [4.69, 9.17) is 11.5 Å². The zero-order chi connectivity index (χ0) is 9.84. The standard InChI is InChI=1S/C7H11N5O/c1-4(6(9)13)12-7-5(8)2-10-3-11-7/h2-4H,8H2,1H3,(H2,9,13)(H,10,11,12). The summed E-state index contributed by atoms with van der Waals surface area (Å²) in [6.07, 6.45) is 2.79. The highest BCUT2D eigenvalue weighted by Crippen LogP contribution is 2.12. The molecular formula is C7H11N5O. The van der Waals surface area contributed by atoms with E-state index in [1.54, 1.807) is 6.92 Å². The summed E-state index contributed by atoms with van der Waals surface area (Å²) in [5, 5.41) is 2.76. The van der Waals surface area contributed by atoms with Crippen LogP contribution < -0.4 is 16.8 Å². The van der Waals surface area contributed by atoms with Crippen molar-refractivity contribution in [1.82, 2.24) is 9.97 Å². The Hall–Kier alpha value is -1.85. The number of rotatable bonds is 3. The van der Waals surface area contributed by atoms with Gasteiger partial charge in [0.05, 0.1) is 11.9 Å². The third-order valence-corrected chi connectivity index (χ3v) is 1.52. The van der Waals surface area contributed by atoms with Gasteiger partial charge in [-0.25, -0.2) is 9.97 Å². The van der Waals surface area contributed by atoms with E-state index in [0.29, 0.717) is 11.5 Å². The summed E-state index contributed by atoms with van der Waals surface area (Å²) in [7, 11) is 0. The zero-order valence-electron chi connectivity index (χ0n) is 7.19. The average Bonchev–Trinajstić information content (AvgIpc) is 2.08. The van der Waals surface area contributed by atoms with Crippen LogP contribution in [0.25, 0.3) is 0 Å². The Balaban J connectivity index is 2.74. The molecule has 1 heterocycles. The van der Waals surface area contributed by atoms with Gasteiger partial charge in [0.15, 0.2) is 5.82 Å². The summed E-state index contributed by atoms with van der Waals surface area (Å²) in [5.74, 6) is -0.0423. The quantitative estimate of drug-likeness (QED) is 0.574. The van der Waals surface area contributed by atoms with Crippen LogP contribution in [0.3, 0.4) is 0 Å². The lowest BCUT2D eigenvalue weighted by Crippen LogP contribution is -2.33. The summed E-state index contributed by atoms with van der Waals surface area (Å²) in [6.45, 7) is 1.63. The van der Waals surface area contributed by atoms with E-state index in [9.17, 15) is 4.79 Å². The van der Waals surface area contributed by atoms with Gasteiger partial charge in [-0.2, -0.15) is 0 Å². The van der Waals surface area contributed by atoms with Crippen molar-refractivity contribution in [3.05, 3.63) is 12.5 Å². The Kier molecular flexibility index (Phi) is 2.63. The minimum atomic E-state index is -0.503. The molecule has 0 radical (unpaired) electrons. The summed E-state index contributed by atoms with van der Waals surface area (Å²) >= 11 is 0. The highest BCUT2D eigenvalue weighted by molar-refractivity contribution is 5.83. The fourth-order valence-electron chi connectivity index (χ4n) is 0.737. The second-order valence-electron chi connectivity index (χ2n) is 2.60. The maximum atomic E-state index is 10.7. The number of amides is 1. The van der Waals surface area contributed by atoms with Crippen LogP contribution in [0.5, 0.6) is 0 Å². The maximum Gasteiger partial charge on any atom is 0.239 e. The Morgan fingerprint density at radius 2 is 2.38 bits per heavy atom. The summed E-state index contributed by atoms with van der Waals surface area (Å²) in [6, 6.07) is -0.503. The number of hydrogen-bond donors (Lipinski definition) is 3. The highest BCUT2D eigenvalue weighted by atomic mass is 16.1. The van der Waals surface area contributed by atoms with E-state index in [1.165, 1.54) is 12.5 Å².